The van der Waals surface area contributed by atoms with E-state index in [1.54, 1.807) is 11.3 Å². The SMILES string of the molecule is C[C](C)CN1CCN(c2ncc(CCl)s2)CC1. The topological polar surface area (TPSA) is 19.4 Å². The van der Waals surface area contributed by atoms with Gasteiger partial charge >= 0.3 is 0 Å². The molecule has 1 aliphatic rings. The molecule has 2 heterocycles. The lowest BCUT2D eigenvalue weighted by molar-refractivity contribution is 0.267. The third-order valence-electron chi connectivity index (χ3n) is 2.86. The fraction of sp³-hybridized carbons (Fsp3) is 0.667. The molecule has 0 N–H and O–H groups in total. The summed E-state index contributed by atoms with van der Waals surface area (Å²) < 4.78 is 0. The fourth-order valence-electron chi connectivity index (χ4n) is 2.05. The molecule has 1 aliphatic heterocycles. The molecule has 0 aliphatic carbocycles. The summed E-state index contributed by atoms with van der Waals surface area (Å²) in [6, 6.07) is 0. The lowest BCUT2D eigenvalue weighted by Gasteiger charge is -2.35. The largest absolute Gasteiger partial charge is 0.346 e. The van der Waals surface area contributed by atoms with E-state index in [-0.39, 0.29) is 0 Å². The van der Waals surface area contributed by atoms with Gasteiger partial charge in [-0.25, -0.2) is 4.98 Å². The van der Waals surface area contributed by atoms with Crippen LogP contribution in [0.2, 0.25) is 0 Å². The maximum Gasteiger partial charge on any atom is 0.185 e. The fourth-order valence-corrected chi connectivity index (χ4v) is 3.09. The summed E-state index contributed by atoms with van der Waals surface area (Å²) in [5.74, 6) is 2.05. The van der Waals surface area contributed by atoms with Gasteiger partial charge in [0.2, 0.25) is 0 Å². The molecule has 0 atom stereocenters. The normalized spacial score (nSPS) is 18.0. The van der Waals surface area contributed by atoms with Crippen molar-refractivity contribution in [2.24, 2.45) is 0 Å². The van der Waals surface area contributed by atoms with Crippen LogP contribution >= 0.6 is 22.9 Å². The van der Waals surface area contributed by atoms with Gasteiger partial charge in [-0.2, -0.15) is 0 Å². The van der Waals surface area contributed by atoms with E-state index in [9.17, 15) is 0 Å². The second-order valence-electron chi connectivity index (χ2n) is 4.71. The molecule has 5 heteroatoms. The average molecular weight is 273 g/mol. The van der Waals surface area contributed by atoms with E-state index in [1.807, 2.05) is 6.20 Å². The first kappa shape index (κ1) is 13.1. The van der Waals surface area contributed by atoms with Crippen molar-refractivity contribution in [2.75, 3.05) is 37.6 Å². The third kappa shape index (κ3) is 3.57. The average Bonchev–Trinajstić information content (AvgIpc) is 2.78. The highest BCUT2D eigenvalue weighted by atomic mass is 35.5. The molecule has 2 rings (SSSR count). The van der Waals surface area contributed by atoms with E-state index < -0.39 is 0 Å². The number of halogens is 1. The van der Waals surface area contributed by atoms with Crippen molar-refractivity contribution in [1.82, 2.24) is 9.88 Å². The van der Waals surface area contributed by atoms with Gasteiger partial charge in [0.15, 0.2) is 5.13 Å². The van der Waals surface area contributed by atoms with E-state index in [1.165, 1.54) is 5.92 Å². The van der Waals surface area contributed by atoms with Crippen molar-refractivity contribution in [2.45, 2.75) is 19.7 Å². The number of nitrogens with zero attached hydrogens (tertiary/aromatic N) is 3. The molecule has 0 spiro atoms. The zero-order valence-electron chi connectivity index (χ0n) is 10.4. The first-order valence-corrected chi connectivity index (χ1v) is 7.31. The number of aromatic nitrogens is 1. The summed E-state index contributed by atoms with van der Waals surface area (Å²) in [5.41, 5.74) is 0. The van der Waals surface area contributed by atoms with Crippen molar-refractivity contribution in [3.63, 3.8) is 0 Å². The Morgan fingerprint density at radius 1 is 1.35 bits per heavy atom. The van der Waals surface area contributed by atoms with E-state index in [0.717, 1.165) is 42.7 Å². The van der Waals surface area contributed by atoms with Crippen LogP contribution in [-0.2, 0) is 5.88 Å². The van der Waals surface area contributed by atoms with Crippen LogP contribution in [0.25, 0.3) is 0 Å². The van der Waals surface area contributed by atoms with Crippen LogP contribution in [0.15, 0.2) is 6.20 Å². The van der Waals surface area contributed by atoms with E-state index in [0.29, 0.717) is 5.88 Å². The predicted molar refractivity (Wildman–Crippen MR) is 74.9 cm³/mol. The number of hydrogen-bond acceptors (Lipinski definition) is 4. The van der Waals surface area contributed by atoms with E-state index in [4.69, 9.17) is 11.6 Å². The molecule has 1 aromatic heterocycles. The minimum Gasteiger partial charge on any atom is -0.346 e. The van der Waals surface area contributed by atoms with Crippen LogP contribution in [0.3, 0.4) is 0 Å². The number of alkyl halides is 1. The Bertz CT molecular complexity index is 345. The molecule has 0 bridgehead atoms. The van der Waals surface area contributed by atoms with Crippen molar-refractivity contribution >= 4 is 28.1 Å². The minimum atomic E-state index is 0.571. The molecule has 17 heavy (non-hydrogen) atoms. The van der Waals surface area contributed by atoms with E-state index >= 15 is 0 Å². The highest BCUT2D eigenvalue weighted by molar-refractivity contribution is 7.15. The summed E-state index contributed by atoms with van der Waals surface area (Å²) in [4.78, 5) is 10.5. The number of thiazole rings is 1. The standard InChI is InChI=1S/C12H19ClN3S/c1-10(2)9-15-3-5-16(6-4-15)12-14-8-11(7-13)17-12/h8H,3-7,9H2,1-2H3. The molecule has 0 saturated carbocycles. The molecule has 1 aromatic rings. The number of rotatable bonds is 4. The Balaban J connectivity index is 1.86. The molecule has 0 amide bonds. The first-order chi connectivity index (χ1) is 8.19. The van der Waals surface area contributed by atoms with Crippen molar-refractivity contribution in [3.05, 3.63) is 17.0 Å². The molecule has 1 radical (unpaired) electrons. The summed E-state index contributed by atoms with van der Waals surface area (Å²) in [7, 11) is 0. The molecular formula is C12H19ClN3S. The molecular weight excluding hydrogens is 254 g/mol. The number of piperazine rings is 1. The van der Waals surface area contributed by atoms with Crippen molar-refractivity contribution < 1.29 is 0 Å². The minimum absolute atomic E-state index is 0.571. The zero-order chi connectivity index (χ0) is 12.3. The number of anilines is 1. The van der Waals surface area contributed by atoms with E-state index in [2.05, 4.69) is 28.6 Å². The Hall–Kier alpha value is -0.320. The summed E-state index contributed by atoms with van der Waals surface area (Å²) in [6.07, 6.45) is 1.89. The van der Waals surface area contributed by atoms with Crippen LogP contribution in [0, 0.1) is 5.92 Å². The maximum absolute atomic E-state index is 5.80. The van der Waals surface area contributed by atoms with Gasteiger partial charge in [0.05, 0.1) is 5.88 Å². The van der Waals surface area contributed by atoms with Gasteiger partial charge in [-0.1, -0.05) is 13.8 Å². The van der Waals surface area contributed by atoms with Gasteiger partial charge in [0.25, 0.3) is 0 Å². The van der Waals surface area contributed by atoms with Crippen molar-refractivity contribution in [1.29, 1.82) is 0 Å². The monoisotopic (exact) mass is 272 g/mol. The van der Waals surface area contributed by atoms with Crippen LogP contribution < -0.4 is 4.90 Å². The summed E-state index contributed by atoms with van der Waals surface area (Å²) in [6.45, 7) is 9.91. The van der Waals surface area contributed by atoms with Crippen LogP contribution in [-0.4, -0.2) is 42.6 Å². The third-order valence-corrected chi connectivity index (χ3v) is 4.36. The smallest absolute Gasteiger partial charge is 0.185 e. The van der Waals surface area contributed by atoms with Gasteiger partial charge in [-0.3, -0.25) is 4.90 Å². The van der Waals surface area contributed by atoms with Gasteiger partial charge in [-0.15, -0.1) is 22.9 Å². The van der Waals surface area contributed by atoms with Crippen LogP contribution in [0.4, 0.5) is 5.13 Å². The molecule has 3 nitrogen and oxygen atoms in total. The van der Waals surface area contributed by atoms with Crippen LogP contribution in [0.5, 0.6) is 0 Å². The van der Waals surface area contributed by atoms with Gasteiger partial charge in [-0.05, 0) is 5.92 Å². The zero-order valence-corrected chi connectivity index (χ0v) is 12.0. The second-order valence-corrected chi connectivity index (χ2v) is 6.07. The van der Waals surface area contributed by atoms with Gasteiger partial charge < -0.3 is 4.90 Å². The molecule has 0 unspecified atom stereocenters. The Kier molecular flexibility index (Phi) is 4.65. The number of hydrogen-bond donors (Lipinski definition) is 0. The summed E-state index contributed by atoms with van der Waals surface area (Å²) in [5, 5.41) is 1.12. The second kappa shape index (κ2) is 6.03. The highest BCUT2D eigenvalue weighted by Crippen LogP contribution is 2.24. The Morgan fingerprint density at radius 2 is 2.06 bits per heavy atom. The summed E-state index contributed by atoms with van der Waals surface area (Å²) >= 11 is 7.51. The quantitative estimate of drug-likeness (QED) is 0.786. The molecule has 1 saturated heterocycles. The van der Waals surface area contributed by atoms with Crippen molar-refractivity contribution in [3.8, 4) is 0 Å². The maximum atomic E-state index is 5.80. The highest BCUT2D eigenvalue weighted by Gasteiger charge is 2.19. The van der Waals surface area contributed by atoms with Gasteiger partial charge in [0, 0.05) is 43.8 Å². The van der Waals surface area contributed by atoms with Gasteiger partial charge in [0.1, 0.15) is 0 Å². The first-order valence-electron chi connectivity index (χ1n) is 5.96. The molecule has 0 aromatic carbocycles. The Morgan fingerprint density at radius 3 is 2.59 bits per heavy atom. The molecule has 95 valence electrons. The Labute approximate surface area is 112 Å². The lowest BCUT2D eigenvalue weighted by atomic mass is 10.2. The predicted octanol–water partition coefficient (Wildman–Crippen LogP) is 2.62. The molecule has 1 fully saturated rings. The van der Waals surface area contributed by atoms with Crippen LogP contribution in [0.1, 0.15) is 18.7 Å². The lowest BCUT2D eigenvalue weighted by Crippen LogP contribution is -2.47.